The van der Waals surface area contributed by atoms with E-state index in [1.165, 1.54) is 25.7 Å². The quantitative estimate of drug-likeness (QED) is 0.689. The fourth-order valence-corrected chi connectivity index (χ4v) is 2.59. The van der Waals surface area contributed by atoms with Crippen molar-refractivity contribution in [3.8, 4) is 0 Å². The third-order valence-corrected chi connectivity index (χ3v) is 3.51. The maximum Gasteiger partial charge on any atom is 0.171 e. The van der Waals surface area contributed by atoms with E-state index in [2.05, 4.69) is 19.2 Å². The lowest BCUT2D eigenvalue weighted by molar-refractivity contribution is -0.121. The molecule has 0 radical (unpaired) electrons. The molecule has 0 amide bonds. The molecule has 0 bridgehead atoms. The second kappa shape index (κ2) is 6.46. The van der Waals surface area contributed by atoms with Crippen molar-refractivity contribution in [1.29, 1.82) is 0 Å². The Kier molecular flexibility index (Phi) is 5.58. The minimum atomic E-state index is -0.145. The first-order valence-electron chi connectivity index (χ1n) is 6.00. The molecule has 90 valence electrons. The second-order valence-corrected chi connectivity index (χ2v) is 4.63. The van der Waals surface area contributed by atoms with E-state index >= 15 is 0 Å². The fourth-order valence-electron chi connectivity index (χ4n) is 2.59. The molecule has 1 aliphatic rings. The Bertz CT molecular complexity index is 159. The van der Waals surface area contributed by atoms with Crippen LogP contribution in [0.1, 0.15) is 39.5 Å². The van der Waals surface area contributed by atoms with E-state index in [9.17, 15) is 0 Å². The Balaban J connectivity index is 2.32. The average molecular weight is 215 g/mol. The molecule has 0 saturated heterocycles. The molecular formula is C12H25NO2. The number of ether oxygens (including phenoxy) is 2. The molecule has 0 aromatic carbocycles. The third kappa shape index (κ3) is 3.74. The van der Waals surface area contributed by atoms with Gasteiger partial charge in [-0.1, -0.05) is 12.8 Å². The monoisotopic (exact) mass is 215 g/mol. The lowest BCUT2D eigenvalue weighted by Crippen LogP contribution is -2.46. The van der Waals surface area contributed by atoms with Gasteiger partial charge < -0.3 is 14.8 Å². The number of methoxy groups -OCH3 is 2. The summed E-state index contributed by atoms with van der Waals surface area (Å²) in [6, 6.07) is 0.811. The lowest BCUT2D eigenvalue weighted by atomic mass is 9.99. The van der Waals surface area contributed by atoms with E-state index in [0.29, 0.717) is 6.04 Å². The van der Waals surface area contributed by atoms with E-state index in [0.717, 1.165) is 5.92 Å². The van der Waals surface area contributed by atoms with E-state index in [1.807, 2.05) is 0 Å². The largest absolute Gasteiger partial charge is 0.354 e. The summed E-state index contributed by atoms with van der Waals surface area (Å²) in [5.74, 6) is 0.835. The molecule has 1 aliphatic carbocycles. The number of rotatable bonds is 6. The summed E-state index contributed by atoms with van der Waals surface area (Å²) in [6.45, 7) is 4.39. The minimum absolute atomic E-state index is 0.145. The van der Waals surface area contributed by atoms with Crippen LogP contribution in [0.3, 0.4) is 0 Å². The predicted molar refractivity (Wildman–Crippen MR) is 61.8 cm³/mol. The van der Waals surface area contributed by atoms with E-state index in [-0.39, 0.29) is 12.3 Å². The first-order chi connectivity index (χ1) is 7.19. The molecule has 1 rings (SSSR count). The Labute approximate surface area is 93.5 Å². The van der Waals surface area contributed by atoms with Crippen molar-refractivity contribution in [2.45, 2.75) is 57.9 Å². The van der Waals surface area contributed by atoms with Gasteiger partial charge in [0.05, 0.1) is 6.04 Å². The third-order valence-electron chi connectivity index (χ3n) is 3.51. The van der Waals surface area contributed by atoms with Crippen molar-refractivity contribution < 1.29 is 9.47 Å². The zero-order valence-corrected chi connectivity index (χ0v) is 10.5. The van der Waals surface area contributed by atoms with Crippen LogP contribution < -0.4 is 5.32 Å². The van der Waals surface area contributed by atoms with Crippen LogP contribution in [-0.2, 0) is 9.47 Å². The van der Waals surface area contributed by atoms with Gasteiger partial charge in [-0.25, -0.2) is 0 Å². The minimum Gasteiger partial charge on any atom is -0.354 e. The Morgan fingerprint density at radius 1 is 1.07 bits per heavy atom. The molecule has 3 nitrogen and oxygen atoms in total. The molecule has 0 aliphatic heterocycles. The molecule has 1 fully saturated rings. The molecular weight excluding hydrogens is 190 g/mol. The highest BCUT2D eigenvalue weighted by atomic mass is 16.7. The molecule has 15 heavy (non-hydrogen) atoms. The maximum atomic E-state index is 5.24. The maximum absolute atomic E-state index is 5.24. The van der Waals surface area contributed by atoms with Crippen LogP contribution in [0.4, 0.5) is 0 Å². The van der Waals surface area contributed by atoms with E-state index in [4.69, 9.17) is 9.47 Å². The van der Waals surface area contributed by atoms with Crippen LogP contribution >= 0.6 is 0 Å². The summed E-state index contributed by atoms with van der Waals surface area (Å²) < 4.78 is 10.5. The first-order valence-corrected chi connectivity index (χ1v) is 6.00. The Morgan fingerprint density at radius 2 is 1.60 bits per heavy atom. The topological polar surface area (TPSA) is 30.5 Å². The smallest absolute Gasteiger partial charge is 0.171 e. The van der Waals surface area contributed by atoms with Gasteiger partial charge in [-0.2, -0.15) is 0 Å². The van der Waals surface area contributed by atoms with E-state index < -0.39 is 0 Å². The van der Waals surface area contributed by atoms with Gasteiger partial charge in [0, 0.05) is 20.3 Å². The number of hydrogen-bond acceptors (Lipinski definition) is 3. The zero-order valence-electron chi connectivity index (χ0n) is 10.5. The van der Waals surface area contributed by atoms with Crippen LogP contribution in [0.25, 0.3) is 0 Å². The molecule has 1 unspecified atom stereocenters. The van der Waals surface area contributed by atoms with Crippen molar-refractivity contribution in [1.82, 2.24) is 5.32 Å². The first kappa shape index (κ1) is 12.9. The molecule has 0 spiro atoms. The van der Waals surface area contributed by atoms with Gasteiger partial charge in [-0.15, -0.1) is 0 Å². The Morgan fingerprint density at radius 3 is 2.07 bits per heavy atom. The van der Waals surface area contributed by atoms with Crippen LogP contribution in [0.2, 0.25) is 0 Å². The second-order valence-electron chi connectivity index (χ2n) is 4.63. The van der Waals surface area contributed by atoms with Crippen LogP contribution in [0.15, 0.2) is 0 Å². The van der Waals surface area contributed by atoms with Gasteiger partial charge in [0.15, 0.2) is 6.29 Å². The van der Waals surface area contributed by atoms with Crippen LogP contribution in [0.5, 0.6) is 0 Å². The van der Waals surface area contributed by atoms with Crippen molar-refractivity contribution >= 4 is 0 Å². The van der Waals surface area contributed by atoms with Crippen molar-refractivity contribution in [3.63, 3.8) is 0 Å². The fraction of sp³-hybridized carbons (Fsp3) is 1.00. The molecule has 1 N–H and O–H groups in total. The lowest BCUT2D eigenvalue weighted by Gasteiger charge is -2.28. The Hall–Kier alpha value is -0.120. The van der Waals surface area contributed by atoms with E-state index in [1.54, 1.807) is 14.2 Å². The molecule has 3 heteroatoms. The molecule has 0 aromatic heterocycles. The highest BCUT2D eigenvalue weighted by Crippen LogP contribution is 2.27. The summed E-state index contributed by atoms with van der Waals surface area (Å²) in [5, 5.41) is 3.57. The van der Waals surface area contributed by atoms with Crippen LogP contribution in [0, 0.1) is 5.92 Å². The van der Waals surface area contributed by atoms with Gasteiger partial charge in [-0.3, -0.25) is 0 Å². The highest BCUT2D eigenvalue weighted by Gasteiger charge is 2.25. The van der Waals surface area contributed by atoms with Gasteiger partial charge in [-0.05, 0) is 32.6 Å². The zero-order chi connectivity index (χ0) is 11.3. The van der Waals surface area contributed by atoms with Crippen molar-refractivity contribution in [2.24, 2.45) is 5.92 Å². The SMILES string of the molecule is COC(OC)C(C)N[C@@H](C)C1CCCC1. The predicted octanol–water partition coefficient (Wildman–Crippen LogP) is 2.16. The standard InChI is InChI=1S/C12H25NO2/c1-9(11-7-5-6-8-11)13-10(2)12(14-3)15-4/h9-13H,5-8H2,1-4H3/t9-,10?/m0/s1. The van der Waals surface area contributed by atoms with Gasteiger partial charge in [0.25, 0.3) is 0 Å². The molecule has 1 saturated carbocycles. The van der Waals surface area contributed by atoms with Crippen molar-refractivity contribution in [2.75, 3.05) is 14.2 Å². The van der Waals surface area contributed by atoms with Gasteiger partial charge in [0.1, 0.15) is 0 Å². The number of nitrogens with one attached hydrogen (secondary N) is 1. The normalized spacial score (nSPS) is 22.2. The van der Waals surface area contributed by atoms with Crippen molar-refractivity contribution in [3.05, 3.63) is 0 Å². The molecule has 0 aromatic rings. The summed E-state index contributed by atoms with van der Waals surface area (Å²) in [4.78, 5) is 0. The average Bonchev–Trinajstić information content (AvgIpc) is 2.72. The van der Waals surface area contributed by atoms with Gasteiger partial charge in [0.2, 0.25) is 0 Å². The summed E-state index contributed by atoms with van der Waals surface area (Å²) >= 11 is 0. The molecule has 2 atom stereocenters. The molecule has 0 heterocycles. The van der Waals surface area contributed by atoms with Crippen LogP contribution in [-0.4, -0.2) is 32.6 Å². The number of hydrogen-bond donors (Lipinski definition) is 1. The summed E-state index contributed by atoms with van der Waals surface area (Å²) in [7, 11) is 3.37. The van der Waals surface area contributed by atoms with Gasteiger partial charge >= 0.3 is 0 Å². The highest BCUT2D eigenvalue weighted by molar-refractivity contribution is 4.80. The summed E-state index contributed by atoms with van der Waals surface area (Å²) in [5.41, 5.74) is 0. The summed E-state index contributed by atoms with van der Waals surface area (Å²) in [6.07, 6.45) is 5.37.